The third-order valence-electron chi connectivity index (χ3n) is 2.66. The Balaban J connectivity index is 2.34. The van der Waals surface area contributed by atoms with Crippen molar-refractivity contribution in [3.8, 4) is 5.75 Å². The van der Waals surface area contributed by atoms with Crippen LogP contribution in [0.25, 0.3) is 0 Å². The number of aromatic nitrogens is 1. The van der Waals surface area contributed by atoms with E-state index >= 15 is 0 Å². The fourth-order valence-electron chi connectivity index (χ4n) is 1.69. The van der Waals surface area contributed by atoms with E-state index < -0.39 is 15.7 Å². The van der Waals surface area contributed by atoms with Gasteiger partial charge in [0.15, 0.2) is 15.0 Å². The maximum absolute atomic E-state index is 12.1. The molecule has 0 radical (unpaired) electrons. The van der Waals surface area contributed by atoms with E-state index in [1.54, 1.807) is 0 Å². The number of nitrogens with one attached hydrogen (secondary N) is 1. The van der Waals surface area contributed by atoms with Gasteiger partial charge in [0.25, 0.3) is 5.91 Å². The minimum Gasteiger partial charge on any atom is -0.495 e. The highest BCUT2D eigenvalue weighted by molar-refractivity contribution is 7.90. The smallest absolute Gasteiger partial charge is 0.257 e. The van der Waals surface area contributed by atoms with E-state index in [9.17, 15) is 13.2 Å². The second-order valence-electron chi connectivity index (χ2n) is 4.39. The van der Waals surface area contributed by atoms with Crippen molar-refractivity contribution in [1.82, 2.24) is 4.98 Å². The summed E-state index contributed by atoms with van der Waals surface area (Å²) >= 11 is 1.30. The van der Waals surface area contributed by atoms with Gasteiger partial charge in [-0.3, -0.25) is 10.1 Å². The summed E-state index contributed by atoms with van der Waals surface area (Å²) in [4.78, 5) is 16.2. The second kappa shape index (κ2) is 5.82. The largest absolute Gasteiger partial charge is 0.495 e. The Labute approximate surface area is 126 Å². The molecule has 1 aromatic carbocycles. The molecule has 0 aliphatic heterocycles. The first-order valence-electron chi connectivity index (χ1n) is 5.93. The van der Waals surface area contributed by atoms with Gasteiger partial charge in [-0.05, 0) is 25.1 Å². The molecule has 0 aliphatic carbocycles. The fourth-order valence-corrected chi connectivity index (χ4v) is 3.23. The summed E-state index contributed by atoms with van der Waals surface area (Å²) in [5, 5.41) is 4.91. The number of nitrogens with zero attached hydrogens (tertiary/aromatic N) is 1. The van der Waals surface area contributed by atoms with E-state index in [0.717, 1.165) is 11.9 Å². The summed E-state index contributed by atoms with van der Waals surface area (Å²) in [6, 6.07) is 4.26. The number of rotatable bonds is 4. The Hall–Kier alpha value is -1.93. The number of hydrogen-bond donors (Lipinski definition) is 1. The summed E-state index contributed by atoms with van der Waals surface area (Å²) in [7, 11) is -2.11. The Bertz CT molecular complexity index is 781. The first kappa shape index (κ1) is 15.5. The Morgan fingerprint density at radius 1 is 1.38 bits per heavy atom. The number of anilines is 1. The van der Waals surface area contributed by atoms with Crippen LogP contribution in [0.1, 0.15) is 16.1 Å². The predicted octanol–water partition coefficient (Wildman–Crippen LogP) is 2.12. The number of amides is 1. The molecule has 0 fully saturated rings. The van der Waals surface area contributed by atoms with Crippen molar-refractivity contribution in [2.24, 2.45) is 0 Å². The lowest BCUT2D eigenvalue weighted by molar-refractivity contribution is 0.102. The summed E-state index contributed by atoms with van der Waals surface area (Å²) in [6.07, 6.45) is 1.07. The van der Waals surface area contributed by atoms with Gasteiger partial charge in [-0.25, -0.2) is 13.4 Å². The van der Waals surface area contributed by atoms with Crippen molar-refractivity contribution in [2.45, 2.75) is 11.8 Å². The maximum atomic E-state index is 12.1. The first-order valence-corrected chi connectivity index (χ1v) is 8.70. The SMILES string of the molecule is COc1ccc(C(=O)Nc2nc(C)cs2)cc1S(C)(=O)=O. The van der Waals surface area contributed by atoms with E-state index in [1.807, 2.05) is 12.3 Å². The van der Waals surface area contributed by atoms with Crippen LogP contribution in [0.4, 0.5) is 5.13 Å². The first-order chi connectivity index (χ1) is 9.81. The van der Waals surface area contributed by atoms with E-state index in [4.69, 9.17) is 4.74 Å². The molecule has 0 aliphatic rings. The molecule has 0 saturated heterocycles. The average molecular weight is 326 g/mol. The summed E-state index contributed by atoms with van der Waals surface area (Å²) < 4.78 is 28.5. The molecule has 0 unspecified atom stereocenters. The van der Waals surface area contributed by atoms with Crippen LogP contribution in [0.5, 0.6) is 5.75 Å². The van der Waals surface area contributed by atoms with E-state index in [2.05, 4.69) is 10.3 Å². The number of aryl methyl sites for hydroxylation is 1. The normalized spacial score (nSPS) is 11.2. The van der Waals surface area contributed by atoms with Gasteiger partial charge in [-0.15, -0.1) is 11.3 Å². The molecule has 1 N–H and O–H groups in total. The van der Waals surface area contributed by atoms with Gasteiger partial charge in [-0.1, -0.05) is 0 Å². The van der Waals surface area contributed by atoms with Crippen molar-refractivity contribution < 1.29 is 17.9 Å². The van der Waals surface area contributed by atoms with Gasteiger partial charge in [0.1, 0.15) is 10.6 Å². The highest BCUT2D eigenvalue weighted by Crippen LogP contribution is 2.25. The number of hydrogen-bond acceptors (Lipinski definition) is 6. The van der Waals surface area contributed by atoms with Gasteiger partial charge >= 0.3 is 0 Å². The van der Waals surface area contributed by atoms with Crippen LogP contribution in [-0.2, 0) is 9.84 Å². The average Bonchev–Trinajstić information content (AvgIpc) is 2.82. The molecule has 0 saturated carbocycles. The van der Waals surface area contributed by atoms with Crippen molar-refractivity contribution in [2.75, 3.05) is 18.7 Å². The number of ether oxygens (including phenoxy) is 1. The zero-order valence-corrected chi connectivity index (χ0v) is 13.3. The second-order valence-corrected chi connectivity index (χ2v) is 7.23. The molecule has 8 heteroatoms. The number of carbonyl (C=O) groups excluding carboxylic acids is 1. The number of methoxy groups -OCH3 is 1. The summed E-state index contributed by atoms with van der Waals surface area (Å²) in [6.45, 7) is 1.82. The van der Waals surface area contributed by atoms with Crippen LogP contribution >= 0.6 is 11.3 Å². The van der Waals surface area contributed by atoms with Crippen molar-refractivity contribution in [3.05, 3.63) is 34.8 Å². The number of thiazole rings is 1. The van der Waals surface area contributed by atoms with Crippen LogP contribution in [0, 0.1) is 6.92 Å². The minimum atomic E-state index is -3.49. The van der Waals surface area contributed by atoms with Crippen LogP contribution in [-0.4, -0.2) is 32.7 Å². The van der Waals surface area contributed by atoms with Crippen molar-refractivity contribution >= 4 is 32.2 Å². The van der Waals surface area contributed by atoms with Crippen LogP contribution in [0.2, 0.25) is 0 Å². The van der Waals surface area contributed by atoms with Gasteiger partial charge < -0.3 is 4.74 Å². The Kier molecular flexibility index (Phi) is 4.29. The van der Waals surface area contributed by atoms with Gasteiger partial charge in [0.05, 0.1) is 12.8 Å². The molecule has 1 heterocycles. The molecule has 112 valence electrons. The molecule has 2 aromatic rings. The molecule has 0 atom stereocenters. The van der Waals surface area contributed by atoms with Crippen molar-refractivity contribution in [1.29, 1.82) is 0 Å². The molecule has 21 heavy (non-hydrogen) atoms. The molecule has 1 aromatic heterocycles. The summed E-state index contributed by atoms with van der Waals surface area (Å²) in [5.41, 5.74) is 1.03. The number of benzene rings is 1. The standard InChI is InChI=1S/C13H14N2O4S2/c1-8-7-20-13(14-8)15-12(16)9-4-5-10(19-2)11(6-9)21(3,17)18/h4-7H,1-3H3,(H,14,15,16). The van der Waals surface area contributed by atoms with Crippen molar-refractivity contribution in [3.63, 3.8) is 0 Å². The van der Waals surface area contributed by atoms with E-state index in [1.165, 1.54) is 36.6 Å². The zero-order valence-electron chi connectivity index (χ0n) is 11.7. The van der Waals surface area contributed by atoms with Gasteiger partial charge in [0, 0.05) is 17.2 Å². The number of carbonyl (C=O) groups is 1. The third kappa shape index (κ3) is 3.59. The number of sulfone groups is 1. The quantitative estimate of drug-likeness (QED) is 0.930. The minimum absolute atomic E-state index is 0.0204. The zero-order chi connectivity index (χ0) is 15.6. The lowest BCUT2D eigenvalue weighted by Gasteiger charge is -2.09. The lowest BCUT2D eigenvalue weighted by Crippen LogP contribution is -2.13. The van der Waals surface area contributed by atoms with Gasteiger partial charge in [0.2, 0.25) is 0 Å². The third-order valence-corrected chi connectivity index (χ3v) is 4.66. The monoisotopic (exact) mass is 326 g/mol. The topological polar surface area (TPSA) is 85.4 Å². The van der Waals surface area contributed by atoms with Gasteiger partial charge in [-0.2, -0.15) is 0 Å². The summed E-state index contributed by atoms with van der Waals surface area (Å²) in [5.74, 6) is -0.212. The highest BCUT2D eigenvalue weighted by atomic mass is 32.2. The molecule has 0 bridgehead atoms. The van der Waals surface area contributed by atoms with Crippen LogP contribution < -0.4 is 10.1 Å². The maximum Gasteiger partial charge on any atom is 0.257 e. The molecule has 0 spiro atoms. The highest BCUT2D eigenvalue weighted by Gasteiger charge is 2.18. The molecule has 2 rings (SSSR count). The van der Waals surface area contributed by atoms with Crippen LogP contribution in [0.3, 0.4) is 0 Å². The Morgan fingerprint density at radius 3 is 2.62 bits per heavy atom. The van der Waals surface area contributed by atoms with E-state index in [-0.39, 0.29) is 16.2 Å². The van der Waals surface area contributed by atoms with Crippen LogP contribution in [0.15, 0.2) is 28.5 Å². The predicted molar refractivity (Wildman–Crippen MR) is 80.9 cm³/mol. The molecule has 6 nitrogen and oxygen atoms in total. The lowest BCUT2D eigenvalue weighted by atomic mass is 10.2. The molecular weight excluding hydrogens is 312 g/mol. The van der Waals surface area contributed by atoms with E-state index in [0.29, 0.717) is 5.13 Å². The fraction of sp³-hybridized carbons (Fsp3) is 0.231. The molecule has 1 amide bonds. The molecular formula is C13H14N2O4S2. The Morgan fingerprint density at radius 2 is 2.10 bits per heavy atom.